The average Bonchev–Trinajstić information content (AvgIpc) is 2.93. The van der Waals surface area contributed by atoms with Gasteiger partial charge in [-0.15, -0.1) is 10.2 Å². The predicted octanol–water partition coefficient (Wildman–Crippen LogP) is 1.28. The molecule has 0 aromatic carbocycles. The number of carbonyl (C=O) groups excluding carboxylic acids is 1. The van der Waals surface area contributed by atoms with Crippen molar-refractivity contribution in [2.75, 3.05) is 26.0 Å². The second kappa shape index (κ2) is 6.29. The molecule has 2 aromatic rings. The van der Waals surface area contributed by atoms with Crippen molar-refractivity contribution in [2.24, 2.45) is 7.05 Å². The Kier molecular flexibility index (Phi) is 4.69. The third-order valence-electron chi connectivity index (χ3n) is 2.46. The summed E-state index contributed by atoms with van der Waals surface area (Å²) in [6.07, 6.45) is 2.37. The molecule has 1 amide bonds. The lowest BCUT2D eigenvalue weighted by molar-refractivity contribution is 0.102. The molecule has 0 unspecified atom stereocenters. The van der Waals surface area contributed by atoms with Crippen LogP contribution in [0.15, 0.2) is 6.20 Å². The highest BCUT2D eigenvalue weighted by molar-refractivity contribution is 7.15. The molecule has 2 aromatic heterocycles. The van der Waals surface area contributed by atoms with E-state index in [1.54, 1.807) is 13.2 Å². The predicted molar refractivity (Wildman–Crippen MR) is 78.3 cm³/mol. The normalized spacial score (nSPS) is 11.1. The third-order valence-corrected chi connectivity index (χ3v) is 3.63. The number of hydrogen-bond acceptors (Lipinski definition) is 6. The van der Waals surface area contributed by atoms with Crippen molar-refractivity contribution >= 4 is 34.0 Å². The van der Waals surface area contributed by atoms with Crippen LogP contribution in [0, 0.1) is 0 Å². The summed E-state index contributed by atoms with van der Waals surface area (Å²) in [4.78, 5) is 14.0. The molecule has 7 nitrogen and oxygen atoms in total. The molecule has 1 N–H and O–H groups in total. The van der Waals surface area contributed by atoms with Gasteiger partial charge in [-0.2, -0.15) is 5.10 Å². The number of nitrogens with zero attached hydrogens (tertiary/aromatic N) is 5. The van der Waals surface area contributed by atoms with E-state index in [1.165, 1.54) is 16.0 Å². The zero-order valence-electron chi connectivity index (χ0n) is 11.4. The van der Waals surface area contributed by atoms with E-state index in [0.29, 0.717) is 10.2 Å². The van der Waals surface area contributed by atoms with Crippen LogP contribution >= 0.6 is 22.9 Å². The Morgan fingerprint density at radius 3 is 2.85 bits per heavy atom. The second-order valence-electron chi connectivity index (χ2n) is 4.51. The van der Waals surface area contributed by atoms with Gasteiger partial charge < -0.3 is 4.90 Å². The van der Waals surface area contributed by atoms with Gasteiger partial charge in [-0.3, -0.25) is 14.8 Å². The fraction of sp³-hybridized carbons (Fsp3) is 0.455. The molecule has 0 bridgehead atoms. The fourth-order valence-corrected chi connectivity index (χ4v) is 2.48. The molecule has 2 rings (SSSR count). The number of halogens is 1. The van der Waals surface area contributed by atoms with Crippen LogP contribution in [0.5, 0.6) is 0 Å². The summed E-state index contributed by atoms with van der Waals surface area (Å²) in [6, 6.07) is 0. The minimum Gasteiger partial charge on any atom is -0.309 e. The van der Waals surface area contributed by atoms with Crippen LogP contribution in [-0.2, 0) is 13.5 Å². The van der Waals surface area contributed by atoms with E-state index in [9.17, 15) is 4.79 Å². The summed E-state index contributed by atoms with van der Waals surface area (Å²) in [5.41, 5.74) is 0.180. The van der Waals surface area contributed by atoms with E-state index >= 15 is 0 Å². The lowest BCUT2D eigenvalue weighted by Crippen LogP contribution is -2.14. The molecule has 0 saturated heterocycles. The number of likely N-dealkylation sites (N-methyl/N-ethyl adjacent to an activating group) is 1. The molecule has 0 spiro atoms. The van der Waals surface area contributed by atoms with Crippen molar-refractivity contribution in [1.29, 1.82) is 0 Å². The van der Waals surface area contributed by atoms with Gasteiger partial charge in [0.1, 0.15) is 5.01 Å². The van der Waals surface area contributed by atoms with Gasteiger partial charge in [0.05, 0.1) is 5.02 Å². The number of aryl methyl sites for hydroxylation is 1. The highest BCUT2D eigenvalue weighted by atomic mass is 35.5. The summed E-state index contributed by atoms with van der Waals surface area (Å²) < 4.78 is 1.49. The molecule has 9 heteroatoms. The van der Waals surface area contributed by atoms with Crippen molar-refractivity contribution in [3.05, 3.63) is 21.9 Å². The number of amides is 1. The van der Waals surface area contributed by atoms with Crippen LogP contribution in [0.2, 0.25) is 5.02 Å². The van der Waals surface area contributed by atoms with Crippen molar-refractivity contribution in [3.8, 4) is 0 Å². The maximum atomic E-state index is 12.0. The SMILES string of the molecule is CN(C)CCc1nnc(NC(=O)c2nn(C)cc2Cl)s1. The van der Waals surface area contributed by atoms with Crippen LogP contribution in [0.25, 0.3) is 0 Å². The molecule has 20 heavy (non-hydrogen) atoms. The molecule has 108 valence electrons. The summed E-state index contributed by atoms with van der Waals surface area (Å²) in [6.45, 7) is 0.884. The van der Waals surface area contributed by atoms with Crippen molar-refractivity contribution in [2.45, 2.75) is 6.42 Å². The number of hydrogen-bond donors (Lipinski definition) is 1. The van der Waals surface area contributed by atoms with E-state index in [4.69, 9.17) is 11.6 Å². The van der Waals surface area contributed by atoms with Crippen molar-refractivity contribution in [1.82, 2.24) is 24.9 Å². The van der Waals surface area contributed by atoms with Crippen molar-refractivity contribution in [3.63, 3.8) is 0 Å². The first-order valence-corrected chi connectivity index (χ1v) is 7.12. The molecule has 0 fully saturated rings. The Labute approximate surface area is 125 Å². The Balaban J connectivity index is 2.00. The molecular formula is C11H15ClN6OS. The molecule has 0 aliphatic heterocycles. The Bertz CT molecular complexity index is 608. The monoisotopic (exact) mass is 314 g/mol. The quantitative estimate of drug-likeness (QED) is 0.899. The second-order valence-corrected chi connectivity index (χ2v) is 5.98. The Hall–Kier alpha value is -1.51. The van der Waals surface area contributed by atoms with Crippen LogP contribution in [0.4, 0.5) is 5.13 Å². The molecular weight excluding hydrogens is 300 g/mol. The molecule has 0 saturated carbocycles. The summed E-state index contributed by atoms with van der Waals surface area (Å²) >= 11 is 7.27. The van der Waals surface area contributed by atoms with Crippen LogP contribution in [0.1, 0.15) is 15.5 Å². The van der Waals surface area contributed by atoms with E-state index in [0.717, 1.165) is 18.0 Å². The lowest BCUT2D eigenvalue weighted by atomic mass is 10.4. The largest absolute Gasteiger partial charge is 0.309 e. The van der Waals surface area contributed by atoms with Gasteiger partial charge in [-0.05, 0) is 14.1 Å². The van der Waals surface area contributed by atoms with Crippen molar-refractivity contribution < 1.29 is 4.79 Å². The fourth-order valence-electron chi connectivity index (χ4n) is 1.49. The summed E-state index contributed by atoms with van der Waals surface area (Å²) in [5, 5.41) is 16.2. The lowest BCUT2D eigenvalue weighted by Gasteiger charge is -2.05. The van der Waals surface area contributed by atoms with Gasteiger partial charge in [0, 0.05) is 26.2 Å². The van der Waals surface area contributed by atoms with Gasteiger partial charge in [0.15, 0.2) is 5.69 Å². The van der Waals surface area contributed by atoms with Crippen LogP contribution in [0.3, 0.4) is 0 Å². The topological polar surface area (TPSA) is 75.9 Å². The maximum absolute atomic E-state index is 12.0. The smallest absolute Gasteiger partial charge is 0.279 e. The molecule has 0 aliphatic carbocycles. The number of aromatic nitrogens is 4. The molecule has 0 atom stereocenters. The Morgan fingerprint density at radius 2 is 2.25 bits per heavy atom. The van der Waals surface area contributed by atoms with E-state index in [2.05, 4.69) is 25.5 Å². The number of nitrogens with one attached hydrogen (secondary N) is 1. The number of carbonyl (C=O) groups is 1. The maximum Gasteiger partial charge on any atom is 0.279 e. The first kappa shape index (κ1) is 14.9. The highest BCUT2D eigenvalue weighted by Crippen LogP contribution is 2.19. The standard InChI is InChI=1S/C11H15ClN6OS/c1-17(2)5-4-8-14-15-11(20-8)13-10(19)9-7(12)6-18(3)16-9/h6H,4-5H2,1-3H3,(H,13,15,19). The van der Waals surface area contributed by atoms with Crippen LogP contribution in [-0.4, -0.2) is 51.4 Å². The zero-order valence-corrected chi connectivity index (χ0v) is 13.0. The van der Waals surface area contributed by atoms with E-state index in [1.807, 2.05) is 14.1 Å². The minimum atomic E-state index is -0.383. The highest BCUT2D eigenvalue weighted by Gasteiger charge is 2.16. The Morgan fingerprint density at radius 1 is 1.50 bits per heavy atom. The molecule has 0 aliphatic rings. The number of anilines is 1. The van der Waals surface area contributed by atoms with Gasteiger partial charge in [0.2, 0.25) is 5.13 Å². The minimum absolute atomic E-state index is 0.180. The van der Waals surface area contributed by atoms with Crippen LogP contribution < -0.4 is 5.32 Å². The first-order chi connectivity index (χ1) is 9.45. The molecule has 0 radical (unpaired) electrons. The molecule has 2 heterocycles. The van der Waals surface area contributed by atoms with Gasteiger partial charge in [-0.1, -0.05) is 22.9 Å². The van der Waals surface area contributed by atoms with Gasteiger partial charge in [0.25, 0.3) is 5.91 Å². The summed E-state index contributed by atoms with van der Waals surface area (Å²) in [5.74, 6) is -0.383. The van der Waals surface area contributed by atoms with Gasteiger partial charge in [-0.25, -0.2) is 0 Å². The first-order valence-electron chi connectivity index (χ1n) is 5.93. The average molecular weight is 315 g/mol. The van der Waals surface area contributed by atoms with E-state index in [-0.39, 0.29) is 11.6 Å². The summed E-state index contributed by atoms with van der Waals surface area (Å²) in [7, 11) is 5.69. The van der Waals surface area contributed by atoms with Gasteiger partial charge >= 0.3 is 0 Å². The van der Waals surface area contributed by atoms with E-state index < -0.39 is 0 Å². The number of rotatable bonds is 5. The zero-order chi connectivity index (χ0) is 14.7. The third kappa shape index (κ3) is 3.75.